The van der Waals surface area contributed by atoms with Crippen molar-refractivity contribution in [1.29, 1.82) is 0 Å². The summed E-state index contributed by atoms with van der Waals surface area (Å²) in [7, 11) is 0. The molecule has 12 heteroatoms. The Morgan fingerprint density at radius 3 is 2.41 bits per heavy atom. The molecule has 0 spiro atoms. The molecule has 0 fully saturated rings. The van der Waals surface area contributed by atoms with Crippen LogP contribution in [0.15, 0.2) is 73.6 Å². The fourth-order valence-corrected chi connectivity index (χ4v) is 4.95. The van der Waals surface area contributed by atoms with E-state index in [1.54, 1.807) is 36.7 Å². The van der Waals surface area contributed by atoms with Gasteiger partial charge in [-0.05, 0) is 78.7 Å². The van der Waals surface area contributed by atoms with Gasteiger partial charge in [-0.1, -0.05) is 48.0 Å². The Bertz CT molecular complexity index is 1550. The minimum Gasteiger partial charge on any atom is -0.406 e. The first-order valence-corrected chi connectivity index (χ1v) is 12.8. The zero-order chi connectivity index (χ0) is 27.7. The highest BCUT2D eigenvalue weighted by Crippen LogP contribution is 2.35. The average Bonchev–Trinajstić information content (AvgIpc) is 3.33. The Morgan fingerprint density at radius 1 is 1.00 bits per heavy atom. The van der Waals surface area contributed by atoms with E-state index in [1.165, 1.54) is 12.1 Å². The monoisotopic (exact) mass is 589 g/mol. The lowest BCUT2D eigenvalue weighted by Gasteiger charge is -2.20. The van der Waals surface area contributed by atoms with Gasteiger partial charge >= 0.3 is 6.36 Å². The lowest BCUT2D eigenvalue weighted by Crippen LogP contribution is -2.38. The van der Waals surface area contributed by atoms with Crippen LogP contribution in [0, 0.1) is 0 Å². The molecule has 0 aliphatic heterocycles. The van der Waals surface area contributed by atoms with Crippen LogP contribution in [-0.4, -0.2) is 21.0 Å². The summed E-state index contributed by atoms with van der Waals surface area (Å²) < 4.78 is 43.3. The SMILES string of the molecule is C=C(NNC(=S)Nc1c(Cl)cccc1Cl)c1ccc2c(c1)CCc1c-2ncn1-c1ccc(OC(F)(F)F)cc1. The number of aryl methyl sites for hydroxylation is 1. The molecule has 0 bridgehead atoms. The Labute approximate surface area is 237 Å². The van der Waals surface area contributed by atoms with E-state index in [1.807, 2.05) is 22.8 Å². The number of alkyl halides is 3. The van der Waals surface area contributed by atoms with E-state index < -0.39 is 6.36 Å². The quantitative estimate of drug-likeness (QED) is 0.162. The molecule has 3 N–H and O–H groups in total. The topological polar surface area (TPSA) is 63.1 Å². The highest BCUT2D eigenvalue weighted by molar-refractivity contribution is 7.80. The largest absolute Gasteiger partial charge is 0.573 e. The molecule has 1 aliphatic carbocycles. The maximum Gasteiger partial charge on any atom is 0.573 e. The van der Waals surface area contributed by atoms with E-state index in [4.69, 9.17) is 35.4 Å². The second-order valence-electron chi connectivity index (χ2n) is 8.60. The van der Waals surface area contributed by atoms with Crippen LogP contribution >= 0.6 is 35.4 Å². The molecule has 0 atom stereocenters. The number of nitrogens with one attached hydrogen (secondary N) is 3. The molecule has 0 saturated heterocycles. The van der Waals surface area contributed by atoms with E-state index in [0.29, 0.717) is 33.5 Å². The number of nitrogens with zero attached hydrogens (tertiary/aromatic N) is 2. The van der Waals surface area contributed by atoms with Crippen molar-refractivity contribution in [2.75, 3.05) is 5.32 Å². The van der Waals surface area contributed by atoms with Crippen LogP contribution in [0.2, 0.25) is 10.0 Å². The van der Waals surface area contributed by atoms with Crippen LogP contribution in [0.1, 0.15) is 16.8 Å². The Morgan fingerprint density at radius 2 is 1.72 bits per heavy atom. The summed E-state index contributed by atoms with van der Waals surface area (Å²) in [6.07, 6.45) is -1.60. The van der Waals surface area contributed by atoms with Gasteiger partial charge in [-0.25, -0.2) is 4.98 Å². The fourth-order valence-electron chi connectivity index (χ4n) is 4.31. The number of hydrogen-bond donors (Lipinski definition) is 3. The lowest BCUT2D eigenvalue weighted by atomic mass is 9.90. The second-order valence-corrected chi connectivity index (χ2v) is 9.83. The normalized spacial score (nSPS) is 12.2. The predicted molar refractivity (Wildman–Crippen MR) is 151 cm³/mol. The molecule has 200 valence electrons. The zero-order valence-electron chi connectivity index (χ0n) is 20.1. The standard InChI is InChI=1S/C27H20Cl2F3N5OS/c1-15(35-36-26(39)34-25-21(28)3-2-4-22(25)29)16-5-11-20-17(13-16)6-12-23-24(20)33-14-37(23)18-7-9-19(10-8-18)38-27(30,31)32/h2-5,7-11,13-14,35H,1,6,12H2,(H2,34,36,39). The first-order valence-electron chi connectivity index (χ1n) is 11.6. The smallest absolute Gasteiger partial charge is 0.406 e. The van der Waals surface area contributed by atoms with Gasteiger partial charge < -0.3 is 14.6 Å². The number of halogens is 5. The van der Waals surface area contributed by atoms with E-state index in [-0.39, 0.29) is 10.9 Å². The number of thiocarbonyl (C=S) groups is 1. The van der Waals surface area contributed by atoms with Crippen LogP contribution in [0.5, 0.6) is 5.75 Å². The van der Waals surface area contributed by atoms with Gasteiger partial charge in [0, 0.05) is 11.3 Å². The van der Waals surface area contributed by atoms with Crippen molar-refractivity contribution in [2.45, 2.75) is 19.2 Å². The number of hydrogen-bond acceptors (Lipinski definition) is 4. The van der Waals surface area contributed by atoms with Gasteiger partial charge in [-0.2, -0.15) is 0 Å². The van der Waals surface area contributed by atoms with Crippen LogP contribution in [0.25, 0.3) is 22.6 Å². The van der Waals surface area contributed by atoms with Crippen molar-refractivity contribution >= 4 is 51.9 Å². The maximum atomic E-state index is 12.5. The van der Waals surface area contributed by atoms with Gasteiger partial charge in [-0.3, -0.25) is 10.9 Å². The number of benzene rings is 3. The lowest BCUT2D eigenvalue weighted by molar-refractivity contribution is -0.274. The van der Waals surface area contributed by atoms with Crippen LogP contribution in [0.4, 0.5) is 18.9 Å². The first-order chi connectivity index (χ1) is 18.6. The second kappa shape index (κ2) is 10.8. The Kier molecular flexibility index (Phi) is 7.44. The van der Waals surface area contributed by atoms with Crippen molar-refractivity contribution in [1.82, 2.24) is 20.4 Å². The molecule has 1 aliphatic rings. The number of ether oxygens (including phenoxy) is 1. The van der Waals surface area contributed by atoms with Gasteiger partial charge in [0.25, 0.3) is 0 Å². The maximum absolute atomic E-state index is 12.5. The minimum absolute atomic E-state index is 0.261. The molecule has 4 aromatic rings. The molecule has 3 aromatic carbocycles. The summed E-state index contributed by atoms with van der Waals surface area (Å²) in [6.45, 7) is 4.09. The molecule has 0 radical (unpaired) electrons. The van der Waals surface area contributed by atoms with E-state index in [9.17, 15) is 13.2 Å². The third-order valence-corrected chi connectivity index (χ3v) is 6.92. The zero-order valence-corrected chi connectivity index (χ0v) is 22.4. The molecule has 1 heterocycles. The predicted octanol–water partition coefficient (Wildman–Crippen LogP) is 7.31. The van der Waals surface area contributed by atoms with Gasteiger partial charge in [-0.15, -0.1) is 13.2 Å². The number of hydrazine groups is 1. The van der Waals surface area contributed by atoms with Crippen molar-refractivity contribution < 1.29 is 17.9 Å². The molecule has 0 amide bonds. The molecule has 5 rings (SSSR count). The molecule has 6 nitrogen and oxygen atoms in total. The molecule has 0 unspecified atom stereocenters. The van der Waals surface area contributed by atoms with E-state index in [2.05, 4.69) is 32.5 Å². The van der Waals surface area contributed by atoms with Gasteiger partial charge in [0.15, 0.2) is 5.11 Å². The summed E-state index contributed by atoms with van der Waals surface area (Å²) >= 11 is 17.7. The third-order valence-electron chi connectivity index (χ3n) is 6.08. The summed E-state index contributed by atoms with van der Waals surface area (Å²) in [4.78, 5) is 4.60. The number of anilines is 1. The van der Waals surface area contributed by atoms with Crippen molar-refractivity contribution in [3.8, 4) is 22.7 Å². The molecular formula is C27H20Cl2F3N5OS. The van der Waals surface area contributed by atoms with Gasteiger partial charge in [0.05, 0.1) is 32.8 Å². The number of imidazole rings is 1. The van der Waals surface area contributed by atoms with Crippen LogP contribution in [0.3, 0.4) is 0 Å². The first kappa shape index (κ1) is 26.9. The fraction of sp³-hybridized carbons (Fsp3) is 0.111. The number of fused-ring (bicyclic) bond motifs is 3. The summed E-state index contributed by atoms with van der Waals surface area (Å²) in [6, 6.07) is 16.8. The van der Waals surface area contributed by atoms with Gasteiger partial charge in [0.1, 0.15) is 12.1 Å². The number of rotatable bonds is 6. The van der Waals surface area contributed by atoms with Crippen molar-refractivity contribution in [2.24, 2.45) is 0 Å². The van der Waals surface area contributed by atoms with Crippen molar-refractivity contribution in [3.63, 3.8) is 0 Å². The highest BCUT2D eigenvalue weighted by Gasteiger charge is 2.31. The Balaban J connectivity index is 1.27. The molecule has 39 heavy (non-hydrogen) atoms. The molecule has 1 aromatic heterocycles. The number of para-hydroxylation sites is 1. The number of aromatic nitrogens is 2. The van der Waals surface area contributed by atoms with E-state index >= 15 is 0 Å². The molecular weight excluding hydrogens is 570 g/mol. The summed E-state index contributed by atoms with van der Waals surface area (Å²) in [5.74, 6) is -0.273. The van der Waals surface area contributed by atoms with E-state index in [0.717, 1.165) is 34.5 Å². The third kappa shape index (κ3) is 5.98. The van der Waals surface area contributed by atoms with Crippen molar-refractivity contribution in [3.05, 3.63) is 100 Å². The average molecular weight is 590 g/mol. The van der Waals surface area contributed by atoms with Crippen LogP contribution < -0.4 is 20.9 Å². The molecule has 0 saturated carbocycles. The van der Waals surface area contributed by atoms with Gasteiger partial charge in [0.2, 0.25) is 0 Å². The Hall–Kier alpha value is -3.73. The summed E-state index contributed by atoms with van der Waals surface area (Å²) in [5.41, 5.74) is 12.4. The summed E-state index contributed by atoms with van der Waals surface area (Å²) in [5, 5.41) is 4.10. The van der Waals surface area contributed by atoms with Crippen LogP contribution in [-0.2, 0) is 12.8 Å². The highest BCUT2D eigenvalue weighted by atomic mass is 35.5. The minimum atomic E-state index is -4.73.